The Bertz CT molecular complexity index is 189. The van der Waals surface area contributed by atoms with Crippen LogP contribution in [0.2, 0.25) is 0 Å². The number of thioether (sulfide) groups is 1. The predicted molar refractivity (Wildman–Crippen MR) is 70.0 cm³/mol. The molecule has 0 atom stereocenters. The summed E-state index contributed by atoms with van der Waals surface area (Å²) in [5.41, 5.74) is 2.88. The van der Waals surface area contributed by atoms with E-state index in [4.69, 9.17) is 0 Å². The fourth-order valence-corrected chi connectivity index (χ4v) is 2.08. The summed E-state index contributed by atoms with van der Waals surface area (Å²) in [5.74, 6) is 3.11. The molecular formula is C13H24S. The molecular weight excluding hydrogens is 188 g/mol. The van der Waals surface area contributed by atoms with Crippen LogP contribution in [0.3, 0.4) is 0 Å². The van der Waals surface area contributed by atoms with E-state index in [2.05, 4.69) is 40.3 Å². The lowest BCUT2D eigenvalue weighted by atomic mass is 10.0. The van der Waals surface area contributed by atoms with Crippen LogP contribution in [0.5, 0.6) is 0 Å². The highest BCUT2D eigenvalue weighted by Crippen LogP contribution is 2.17. The lowest BCUT2D eigenvalue weighted by molar-refractivity contribution is 0.762. The summed E-state index contributed by atoms with van der Waals surface area (Å²) in [6.07, 6.45) is 4.70. The average Bonchev–Trinajstić information content (AvgIpc) is 2.09. The molecule has 1 heteroatoms. The van der Waals surface area contributed by atoms with Crippen molar-refractivity contribution in [3.63, 3.8) is 0 Å². The van der Waals surface area contributed by atoms with Gasteiger partial charge in [0.2, 0.25) is 0 Å². The van der Waals surface area contributed by atoms with Gasteiger partial charge in [0.25, 0.3) is 0 Å². The molecule has 0 aromatic rings. The van der Waals surface area contributed by atoms with Gasteiger partial charge in [-0.2, -0.15) is 11.8 Å². The van der Waals surface area contributed by atoms with Gasteiger partial charge in [0.15, 0.2) is 0 Å². The van der Waals surface area contributed by atoms with E-state index >= 15 is 0 Å². The Balaban J connectivity index is 3.98. The highest BCUT2D eigenvalue weighted by atomic mass is 32.2. The van der Waals surface area contributed by atoms with E-state index in [0.29, 0.717) is 5.92 Å². The molecule has 0 aliphatic rings. The zero-order valence-corrected chi connectivity index (χ0v) is 10.9. The van der Waals surface area contributed by atoms with E-state index in [0.717, 1.165) is 12.8 Å². The van der Waals surface area contributed by atoms with Crippen LogP contribution in [0.4, 0.5) is 0 Å². The fourth-order valence-electron chi connectivity index (χ4n) is 1.19. The van der Waals surface area contributed by atoms with Crippen LogP contribution in [0.25, 0.3) is 0 Å². The lowest BCUT2D eigenvalue weighted by Crippen LogP contribution is -1.97. The van der Waals surface area contributed by atoms with Crippen LogP contribution in [-0.2, 0) is 0 Å². The molecule has 0 spiro atoms. The Kier molecular flexibility index (Phi) is 8.07. The van der Waals surface area contributed by atoms with Gasteiger partial charge in [-0.25, -0.2) is 0 Å². The maximum atomic E-state index is 3.92. The smallest absolute Gasteiger partial charge is 0.0145 e. The first kappa shape index (κ1) is 13.8. The molecule has 0 aliphatic carbocycles. The Hall–Kier alpha value is -0.170. The molecule has 0 N–H and O–H groups in total. The minimum atomic E-state index is 0.694. The number of allylic oxidation sites excluding steroid dienone is 2. The molecule has 0 bridgehead atoms. The van der Waals surface area contributed by atoms with Gasteiger partial charge in [0, 0.05) is 5.75 Å². The van der Waals surface area contributed by atoms with Gasteiger partial charge in [-0.15, -0.1) is 6.58 Å². The Morgan fingerprint density at radius 2 is 2.07 bits per heavy atom. The molecule has 0 saturated carbocycles. The standard InChI is InChI=1S/C13H24S/c1-6-14-10-13(12(4)5)9-7-8-11(2)3/h9,12H,2,6-8,10H2,1,3-5H3/b13-9-. The molecule has 82 valence electrons. The molecule has 0 aromatic carbocycles. The molecule has 0 radical (unpaired) electrons. The Morgan fingerprint density at radius 3 is 2.50 bits per heavy atom. The van der Waals surface area contributed by atoms with E-state index in [1.54, 1.807) is 5.57 Å². The van der Waals surface area contributed by atoms with Crippen molar-refractivity contribution >= 4 is 11.8 Å². The second kappa shape index (κ2) is 8.16. The van der Waals surface area contributed by atoms with Gasteiger partial charge >= 0.3 is 0 Å². The molecule has 0 heterocycles. The van der Waals surface area contributed by atoms with Gasteiger partial charge in [0.05, 0.1) is 0 Å². The summed E-state index contributed by atoms with van der Waals surface area (Å²) >= 11 is 2.01. The largest absolute Gasteiger partial charge is 0.158 e. The van der Waals surface area contributed by atoms with E-state index in [-0.39, 0.29) is 0 Å². The summed E-state index contributed by atoms with van der Waals surface area (Å²) in [7, 11) is 0. The molecule has 0 saturated heterocycles. The minimum Gasteiger partial charge on any atom is -0.158 e. The molecule has 0 rings (SSSR count). The van der Waals surface area contributed by atoms with Crippen molar-refractivity contribution in [2.24, 2.45) is 5.92 Å². The lowest BCUT2D eigenvalue weighted by Gasteiger charge is -2.10. The van der Waals surface area contributed by atoms with Crippen molar-refractivity contribution in [1.82, 2.24) is 0 Å². The van der Waals surface area contributed by atoms with Crippen LogP contribution in [0.1, 0.15) is 40.5 Å². The van der Waals surface area contributed by atoms with Gasteiger partial charge in [-0.1, -0.05) is 38.0 Å². The highest BCUT2D eigenvalue weighted by molar-refractivity contribution is 7.99. The molecule has 0 unspecified atom stereocenters. The molecule has 0 aliphatic heterocycles. The van der Waals surface area contributed by atoms with Crippen molar-refractivity contribution in [1.29, 1.82) is 0 Å². The van der Waals surface area contributed by atoms with Gasteiger partial charge < -0.3 is 0 Å². The molecule has 14 heavy (non-hydrogen) atoms. The first-order valence-corrected chi connectivity index (χ1v) is 6.64. The Labute approximate surface area is 93.9 Å². The second-order valence-corrected chi connectivity index (χ2v) is 5.34. The van der Waals surface area contributed by atoms with E-state index in [1.165, 1.54) is 17.1 Å². The van der Waals surface area contributed by atoms with Crippen molar-refractivity contribution in [3.8, 4) is 0 Å². The van der Waals surface area contributed by atoms with Crippen LogP contribution in [0, 0.1) is 5.92 Å². The van der Waals surface area contributed by atoms with E-state index < -0.39 is 0 Å². The normalized spacial score (nSPS) is 12.2. The molecule has 0 nitrogen and oxygen atoms in total. The summed E-state index contributed by atoms with van der Waals surface area (Å²) in [6.45, 7) is 12.8. The first-order chi connectivity index (χ1) is 6.57. The monoisotopic (exact) mass is 212 g/mol. The molecule has 0 fully saturated rings. The Morgan fingerprint density at radius 1 is 1.43 bits per heavy atom. The summed E-state index contributed by atoms with van der Waals surface area (Å²) in [5, 5.41) is 0. The van der Waals surface area contributed by atoms with Gasteiger partial charge in [0.1, 0.15) is 0 Å². The van der Waals surface area contributed by atoms with Crippen LogP contribution in [-0.4, -0.2) is 11.5 Å². The first-order valence-electron chi connectivity index (χ1n) is 5.49. The zero-order chi connectivity index (χ0) is 11.0. The number of hydrogen-bond donors (Lipinski definition) is 0. The minimum absolute atomic E-state index is 0.694. The zero-order valence-electron chi connectivity index (χ0n) is 10.1. The number of rotatable bonds is 7. The second-order valence-electron chi connectivity index (χ2n) is 4.07. The topological polar surface area (TPSA) is 0 Å². The summed E-state index contributed by atoms with van der Waals surface area (Å²) < 4.78 is 0. The SMILES string of the molecule is C=C(C)CC/C=C(/CSCC)C(C)C. The predicted octanol–water partition coefficient (Wildman–Crippen LogP) is 4.68. The summed E-state index contributed by atoms with van der Waals surface area (Å²) in [4.78, 5) is 0. The third kappa shape index (κ3) is 7.25. The van der Waals surface area contributed by atoms with Crippen molar-refractivity contribution in [3.05, 3.63) is 23.8 Å². The third-order valence-corrected chi connectivity index (χ3v) is 3.14. The van der Waals surface area contributed by atoms with Crippen molar-refractivity contribution < 1.29 is 0 Å². The maximum absolute atomic E-state index is 3.92. The van der Waals surface area contributed by atoms with Crippen molar-refractivity contribution in [2.75, 3.05) is 11.5 Å². The average molecular weight is 212 g/mol. The quantitative estimate of drug-likeness (QED) is 0.552. The summed E-state index contributed by atoms with van der Waals surface area (Å²) in [6, 6.07) is 0. The maximum Gasteiger partial charge on any atom is 0.0145 e. The molecule has 0 aromatic heterocycles. The van der Waals surface area contributed by atoms with Gasteiger partial charge in [-0.05, 0) is 31.4 Å². The van der Waals surface area contributed by atoms with Crippen molar-refractivity contribution in [2.45, 2.75) is 40.5 Å². The van der Waals surface area contributed by atoms with E-state index in [1.807, 2.05) is 11.8 Å². The van der Waals surface area contributed by atoms with Crippen LogP contribution >= 0.6 is 11.8 Å². The van der Waals surface area contributed by atoms with Gasteiger partial charge in [-0.3, -0.25) is 0 Å². The highest BCUT2D eigenvalue weighted by Gasteiger charge is 2.02. The number of hydrogen-bond acceptors (Lipinski definition) is 1. The van der Waals surface area contributed by atoms with E-state index in [9.17, 15) is 0 Å². The van der Waals surface area contributed by atoms with Crippen LogP contribution in [0.15, 0.2) is 23.8 Å². The third-order valence-electron chi connectivity index (χ3n) is 2.19. The molecule has 0 amide bonds. The fraction of sp³-hybridized carbons (Fsp3) is 0.692. The van der Waals surface area contributed by atoms with Crippen LogP contribution < -0.4 is 0 Å².